The molecule has 0 saturated heterocycles. The van der Waals surface area contributed by atoms with Crippen LogP contribution in [-0.4, -0.2) is 21.9 Å². The second-order valence-electron chi connectivity index (χ2n) is 3.71. The Hall–Kier alpha value is -0.780. The zero-order chi connectivity index (χ0) is 17.4. The van der Waals surface area contributed by atoms with Crippen LogP contribution in [0.5, 0.6) is 11.5 Å². The SMILES string of the molecule is FC(F)(Br)C(F)(F)Oc1cccc(OC(F)(F)C(F)(F)Br)c1. The summed E-state index contributed by atoms with van der Waals surface area (Å²) in [5.74, 6) is -2.01. The van der Waals surface area contributed by atoms with Crippen molar-refractivity contribution in [1.82, 2.24) is 0 Å². The summed E-state index contributed by atoms with van der Waals surface area (Å²) in [7, 11) is 0. The Morgan fingerprint density at radius 3 is 1.27 bits per heavy atom. The average Bonchev–Trinajstić information content (AvgIpc) is 2.24. The summed E-state index contributed by atoms with van der Waals surface area (Å²) < 4.78 is 109. The number of rotatable bonds is 6. The average molecular weight is 468 g/mol. The molecule has 1 aromatic carbocycles. The summed E-state index contributed by atoms with van der Waals surface area (Å²) in [5, 5.41) is 0. The lowest BCUT2D eigenvalue weighted by Crippen LogP contribution is -2.41. The highest BCUT2D eigenvalue weighted by Crippen LogP contribution is 2.43. The fourth-order valence-electron chi connectivity index (χ4n) is 1.01. The molecule has 2 nitrogen and oxygen atoms in total. The second-order valence-corrected chi connectivity index (χ2v) is 5.70. The molecular formula is C10H4Br2F8O2. The lowest BCUT2D eigenvalue weighted by atomic mass is 10.3. The maximum Gasteiger partial charge on any atom is 0.475 e. The van der Waals surface area contributed by atoms with Crippen molar-refractivity contribution in [2.75, 3.05) is 0 Å². The Morgan fingerprint density at radius 2 is 1.00 bits per heavy atom. The highest BCUT2D eigenvalue weighted by atomic mass is 79.9. The van der Waals surface area contributed by atoms with E-state index in [-0.39, 0.29) is 0 Å². The smallest absolute Gasteiger partial charge is 0.427 e. The summed E-state index contributed by atoms with van der Waals surface area (Å²) in [6, 6.07) is 2.54. The minimum atomic E-state index is -5.02. The summed E-state index contributed by atoms with van der Waals surface area (Å²) in [5.41, 5.74) is 0. The Morgan fingerprint density at radius 1 is 0.682 bits per heavy atom. The Kier molecular flexibility index (Phi) is 5.27. The molecule has 126 valence electrons. The maximum absolute atomic E-state index is 12.9. The Bertz CT molecular complexity index is 483. The van der Waals surface area contributed by atoms with Gasteiger partial charge in [-0.05, 0) is 12.1 Å². The van der Waals surface area contributed by atoms with Crippen LogP contribution in [0.25, 0.3) is 0 Å². The van der Waals surface area contributed by atoms with Gasteiger partial charge < -0.3 is 9.47 Å². The standard InChI is InChI=1S/C10H4Br2F8O2/c11-7(13,14)9(17,18)21-5-2-1-3-6(4-5)22-10(19,20)8(12,15)16/h1-4H. The van der Waals surface area contributed by atoms with E-state index in [1.807, 2.05) is 0 Å². The monoisotopic (exact) mass is 466 g/mol. The molecule has 0 aromatic heterocycles. The first kappa shape index (κ1) is 19.3. The van der Waals surface area contributed by atoms with Crippen molar-refractivity contribution in [3.8, 4) is 11.5 Å². The van der Waals surface area contributed by atoms with Crippen molar-refractivity contribution < 1.29 is 44.6 Å². The third-order valence-electron chi connectivity index (χ3n) is 1.96. The molecule has 0 bridgehead atoms. The molecule has 0 saturated carbocycles. The molecule has 1 aromatic rings. The van der Waals surface area contributed by atoms with Crippen LogP contribution in [0, 0.1) is 0 Å². The second kappa shape index (κ2) is 6.02. The molecule has 22 heavy (non-hydrogen) atoms. The summed E-state index contributed by atoms with van der Waals surface area (Å²) >= 11 is 2.77. The van der Waals surface area contributed by atoms with E-state index in [2.05, 4.69) is 9.47 Å². The fraction of sp³-hybridized carbons (Fsp3) is 0.400. The molecule has 0 N–H and O–H groups in total. The first-order chi connectivity index (χ1) is 9.66. The van der Waals surface area contributed by atoms with Gasteiger partial charge in [0, 0.05) is 37.9 Å². The van der Waals surface area contributed by atoms with E-state index in [4.69, 9.17) is 0 Å². The number of halogens is 10. The van der Waals surface area contributed by atoms with Crippen LogP contribution in [0.15, 0.2) is 24.3 Å². The van der Waals surface area contributed by atoms with Gasteiger partial charge in [-0.25, -0.2) is 0 Å². The van der Waals surface area contributed by atoms with Crippen LogP contribution in [-0.2, 0) is 0 Å². The van der Waals surface area contributed by atoms with Gasteiger partial charge in [-0.3, -0.25) is 0 Å². The van der Waals surface area contributed by atoms with Gasteiger partial charge in [-0.15, -0.1) is 0 Å². The van der Waals surface area contributed by atoms with E-state index >= 15 is 0 Å². The number of ether oxygens (including phenoxy) is 2. The van der Waals surface area contributed by atoms with Crippen LogP contribution >= 0.6 is 31.9 Å². The molecule has 1 rings (SSSR count). The van der Waals surface area contributed by atoms with Gasteiger partial charge in [0.1, 0.15) is 11.5 Å². The van der Waals surface area contributed by atoms with Crippen molar-refractivity contribution in [2.24, 2.45) is 0 Å². The summed E-state index contributed by atoms with van der Waals surface area (Å²) in [4.78, 5) is -9.49. The Labute approximate surface area is 134 Å². The van der Waals surface area contributed by atoms with Crippen molar-refractivity contribution >= 4 is 31.9 Å². The fourth-order valence-corrected chi connectivity index (χ4v) is 1.17. The van der Waals surface area contributed by atoms with Crippen LogP contribution in [0.4, 0.5) is 35.1 Å². The van der Waals surface area contributed by atoms with Crippen molar-refractivity contribution in [3.63, 3.8) is 0 Å². The molecule has 0 spiro atoms. The molecule has 0 fully saturated rings. The van der Waals surface area contributed by atoms with E-state index in [1.54, 1.807) is 0 Å². The van der Waals surface area contributed by atoms with E-state index in [9.17, 15) is 35.1 Å². The predicted molar refractivity (Wildman–Crippen MR) is 65.3 cm³/mol. The van der Waals surface area contributed by atoms with Gasteiger partial charge in [0.2, 0.25) is 0 Å². The molecule has 0 radical (unpaired) electrons. The third kappa shape index (κ3) is 4.61. The lowest BCUT2D eigenvalue weighted by Gasteiger charge is -2.24. The van der Waals surface area contributed by atoms with Crippen LogP contribution in [0.1, 0.15) is 0 Å². The quantitative estimate of drug-likeness (QED) is 0.400. The highest BCUT2D eigenvalue weighted by molar-refractivity contribution is 9.10. The van der Waals surface area contributed by atoms with Crippen LogP contribution in [0.3, 0.4) is 0 Å². The van der Waals surface area contributed by atoms with Crippen LogP contribution in [0.2, 0.25) is 0 Å². The van der Waals surface area contributed by atoms with Gasteiger partial charge >= 0.3 is 21.9 Å². The number of hydrogen-bond acceptors (Lipinski definition) is 2. The topological polar surface area (TPSA) is 18.5 Å². The summed E-state index contributed by atoms with van der Waals surface area (Å²) in [6.07, 6.45) is -10.0. The molecule has 0 amide bonds. The summed E-state index contributed by atoms with van der Waals surface area (Å²) in [6.45, 7) is 0. The normalized spacial score (nSPS) is 13.9. The molecule has 0 atom stereocenters. The van der Waals surface area contributed by atoms with Gasteiger partial charge in [0.25, 0.3) is 0 Å². The van der Waals surface area contributed by atoms with Gasteiger partial charge in [-0.2, -0.15) is 35.1 Å². The van der Waals surface area contributed by atoms with Gasteiger partial charge in [-0.1, -0.05) is 6.07 Å². The van der Waals surface area contributed by atoms with Crippen molar-refractivity contribution in [2.45, 2.75) is 21.9 Å². The molecule has 0 heterocycles. The van der Waals surface area contributed by atoms with E-state index in [0.717, 1.165) is 6.07 Å². The van der Waals surface area contributed by atoms with Crippen molar-refractivity contribution in [1.29, 1.82) is 0 Å². The van der Waals surface area contributed by atoms with Gasteiger partial charge in [0.15, 0.2) is 0 Å². The zero-order valence-electron chi connectivity index (χ0n) is 9.91. The van der Waals surface area contributed by atoms with E-state index < -0.39 is 33.4 Å². The van der Waals surface area contributed by atoms with E-state index in [0.29, 0.717) is 18.2 Å². The molecule has 0 aliphatic carbocycles. The van der Waals surface area contributed by atoms with Crippen LogP contribution < -0.4 is 9.47 Å². The maximum atomic E-state index is 12.9. The number of hydrogen-bond donors (Lipinski definition) is 0. The third-order valence-corrected chi connectivity index (χ3v) is 2.88. The first-order valence-corrected chi connectivity index (χ1v) is 6.61. The molecular weight excluding hydrogens is 464 g/mol. The highest BCUT2D eigenvalue weighted by Gasteiger charge is 2.59. The molecule has 0 aliphatic rings. The number of benzene rings is 1. The van der Waals surface area contributed by atoms with Crippen molar-refractivity contribution in [3.05, 3.63) is 24.3 Å². The Balaban J connectivity index is 2.97. The largest absolute Gasteiger partial charge is 0.475 e. The lowest BCUT2D eigenvalue weighted by molar-refractivity contribution is -0.268. The molecule has 12 heteroatoms. The minimum absolute atomic E-state index is 0.319. The predicted octanol–water partition coefficient (Wildman–Crippen LogP) is 5.61. The minimum Gasteiger partial charge on any atom is -0.427 e. The zero-order valence-corrected chi connectivity index (χ0v) is 13.1. The van der Waals surface area contributed by atoms with E-state index in [1.165, 1.54) is 31.9 Å². The number of alkyl halides is 10. The van der Waals surface area contributed by atoms with Gasteiger partial charge in [0.05, 0.1) is 0 Å². The first-order valence-electron chi connectivity index (χ1n) is 5.03. The molecule has 0 unspecified atom stereocenters. The molecule has 0 aliphatic heterocycles.